The Morgan fingerprint density at radius 1 is 1.33 bits per heavy atom. The van der Waals surface area contributed by atoms with E-state index < -0.39 is 15.3 Å². The number of methoxy groups -OCH3 is 1. The van der Waals surface area contributed by atoms with E-state index in [2.05, 4.69) is 6.07 Å². The summed E-state index contributed by atoms with van der Waals surface area (Å²) in [6.07, 6.45) is 1.86. The molecule has 0 radical (unpaired) electrons. The Morgan fingerprint density at radius 3 is 2.57 bits per heavy atom. The van der Waals surface area contributed by atoms with Crippen LogP contribution in [0, 0.1) is 16.7 Å². The number of anilines is 1. The smallest absolute Gasteiger partial charge is 0.180 e. The number of nitrogens with zero attached hydrogens (tertiary/aromatic N) is 1. The third-order valence-electron chi connectivity index (χ3n) is 3.32. The predicted octanol–water partition coefficient (Wildman–Crippen LogP) is 2.77. The van der Waals surface area contributed by atoms with Crippen LogP contribution in [-0.4, -0.2) is 21.3 Å². The van der Waals surface area contributed by atoms with Crippen molar-refractivity contribution in [2.45, 2.75) is 38.0 Å². The molecule has 2 N–H and O–H groups in total. The number of unbranched alkanes of at least 4 members (excludes halogenated alkanes) is 1. The first-order valence-electron chi connectivity index (χ1n) is 6.79. The Balaban J connectivity index is 2.73. The Labute approximate surface area is 126 Å². The zero-order chi connectivity index (χ0) is 16.1. The summed E-state index contributed by atoms with van der Waals surface area (Å²) in [5, 5.41) is 8.93. The normalized spacial score (nSPS) is 11.9. The number of sulfone groups is 1. The van der Waals surface area contributed by atoms with Crippen molar-refractivity contribution in [1.29, 1.82) is 5.26 Å². The van der Waals surface area contributed by atoms with E-state index in [0.29, 0.717) is 25.0 Å². The Bertz CT molecular complexity index is 631. The molecule has 0 saturated carbocycles. The molecule has 0 aliphatic carbocycles. The highest BCUT2D eigenvalue weighted by Gasteiger charge is 2.20. The number of rotatable bonds is 7. The highest BCUT2D eigenvalue weighted by Crippen LogP contribution is 2.27. The predicted molar refractivity (Wildman–Crippen MR) is 82.7 cm³/mol. The summed E-state index contributed by atoms with van der Waals surface area (Å²) in [6, 6.07) is 6.82. The number of hydrogen-bond acceptors (Lipinski definition) is 5. The highest BCUT2D eigenvalue weighted by atomic mass is 32.2. The molecule has 0 aliphatic heterocycles. The van der Waals surface area contributed by atoms with Crippen molar-refractivity contribution >= 4 is 15.5 Å². The summed E-state index contributed by atoms with van der Waals surface area (Å²) in [5.41, 5.74) is 5.56. The third kappa shape index (κ3) is 4.94. The van der Waals surface area contributed by atoms with Crippen LogP contribution in [0.2, 0.25) is 0 Å². The molecule has 0 amide bonds. The van der Waals surface area contributed by atoms with Gasteiger partial charge in [-0.25, -0.2) is 8.42 Å². The Kier molecular flexibility index (Phi) is 5.62. The van der Waals surface area contributed by atoms with E-state index in [4.69, 9.17) is 15.7 Å². The summed E-state index contributed by atoms with van der Waals surface area (Å²) in [7, 11) is -1.96. The first-order valence-corrected chi connectivity index (χ1v) is 8.44. The molecule has 6 heteroatoms. The van der Waals surface area contributed by atoms with E-state index in [1.54, 1.807) is 6.07 Å². The van der Waals surface area contributed by atoms with E-state index in [1.165, 1.54) is 19.2 Å². The summed E-state index contributed by atoms with van der Waals surface area (Å²) >= 11 is 0. The molecule has 116 valence electrons. The summed E-state index contributed by atoms with van der Waals surface area (Å²) in [4.78, 5) is 0.112. The maximum absolute atomic E-state index is 12.3. The summed E-state index contributed by atoms with van der Waals surface area (Å²) in [5.74, 6) is 0.486. The van der Waals surface area contributed by atoms with Crippen LogP contribution in [0.1, 0.15) is 33.1 Å². The van der Waals surface area contributed by atoms with Gasteiger partial charge in [-0.3, -0.25) is 0 Å². The fourth-order valence-corrected chi connectivity index (χ4v) is 3.46. The molecule has 0 heterocycles. The summed E-state index contributed by atoms with van der Waals surface area (Å²) < 4.78 is 29.7. The lowest BCUT2D eigenvalue weighted by Crippen LogP contribution is -2.12. The second-order valence-corrected chi connectivity index (χ2v) is 7.75. The van der Waals surface area contributed by atoms with Gasteiger partial charge >= 0.3 is 0 Å². The number of nitrogen functional groups attached to an aromatic ring is 1. The molecular weight excluding hydrogens is 288 g/mol. The fourth-order valence-electron chi connectivity index (χ4n) is 1.94. The zero-order valence-electron chi connectivity index (χ0n) is 12.7. The van der Waals surface area contributed by atoms with Gasteiger partial charge < -0.3 is 10.5 Å². The molecule has 0 atom stereocenters. The van der Waals surface area contributed by atoms with Gasteiger partial charge in [0, 0.05) is 6.07 Å². The SMILES string of the molecule is COc1ccc(N)c(S(=O)(=O)CCCCC(C)(C)C#N)c1. The second kappa shape index (κ2) is 6.81. The molecule has 0 spiro atoms. The van der Waals surface area contributed by atoms with Crippen LogP contribution >= 0.6 is 0 Å². The number of benzene rings is 1. The Morgan fingerprint density at radius 2 is 2.00 bits per heavy atom. The number of ether oxygens (including phenoxy) is 1. The van der Waals surface area contributed by atoms with Gasteiger partial charge in [-0.15, -0.1) is 0 Å². The minimum absolute atomic E-state index is 0.0197. The molecule has 0 saturated heterocycles. The average Bonchev–Trinajstić information content (AvgIpc) is 2.44. The van der Waals surface area contributed by atoms with Gasteiger partial charge in [0.2, 0.25) is 0 Å². The van der Waals surface area contributed by atoms with E-state index in [1.807, 2.05) is 13.8 Å². The van der Waals surface area contributed by atoms with Gasteiger partial charge in [0.15, 0.2) is 9.84 Å². The Hall–Kier alpha value is -1.74. The molecule has 5 nitrogen and oxygen atoms in total. The van der Waals surface area contributed by atoms with Crippen LogP contribution in [0.15, 0.2) is 23.1 Å². The zero-order valence-corrected chi connectivity index (χ0v) is 13.5. The molecule has 21 heavy (non-hydrogen) atoms. The minimum atomic E-state index is -3.44. The first kappa shape index (κ1) is 17.3. The highest BCUT2D eigenvalue weighted by molar-refractivity contribution is 7.91. The number of nitriles is 1. The number of hydrogen-bond donors (Lipinski definition) is 1. The van der Waals surface area contributed by atoms with Gasteiger partial charge in [-0.1, -0.05) is 6.42 Å². The van der Waals surface area contributed by atoms with E-state index in [0.717, 1.165) is 0 Å². The van der Waals surface area contributed by atoms with Crippen LogP contribution in [-0.2, 0) is 9.84 Å². The van der Waals surface area contributed by atoms with E-state index in [9.17, 15) is 8.42 Å². The molecule has 0 fully saturated rings. The fraction of sp³-hybridized carbons (Fsp3) is 0.533. The van der Waals surface area contributed by atoms with E-state index in [-0.39, 0.29) is 16.3 Å². The van der Waals surface area contributed by atoms with Crippen LogP contribution in [0.3, 0.4) is 0 Å². The quantitative estimate of drug-likeness (QED) is 0.617. The molecular formula is C15H22N2O3S. The molecule has 0 aromatic heterocycles. The second-order valence-electron chi connectivity index (χ2n) is 5.68. The lowest BCUT2D eigenvalue weighted by Gasteiger charge is -2.14. The molecule has 0 bridgehead atoms. The number of nitrogens with two attached hydrogens (primary N) is 1. The van der Waals surface area contributed by atoms with Gasteiger partial charge in [0.1, 0.15) is 5.75 Å². The molecule has 0 unspecified atom stereocenters. The minimum Gasteiger partial charge on any atom is -0.497 e. The first-order chi connectivity index (χ1) is 9.72. The maximum Gasteiger partial charge on any atom is 0.180 e. The standard InChI is InChI=1S/C15H22N2O3S/c1-15(2,11-16)8-4-5-9-21(18,19)14-10-12(20-3)6-7-13(14)17/h6-7,10H,4-5,8-9,17H2,1-3H3. The van der Waals surface area contributed by atoms with Gasteiger partial charge in [0.25, 0.3) is 0 Å². The largest absolute Gasteiger partial charge is 0.497 e. The molecule has 1 aromatic carbocycles. The van der Waals surface area contributed by atoms with Crippen molar-refractivity contribution in [2.24, 2.45) is 5.41 Å². The molecule has 1 aromatic rings. The van der Waals surface area contributed by atoms with Crippen LogP contribution in [0.5, 0.6) is 5.75 Å². The third-order valence-corrected chi connectivity index (χ3v) is 5.17. The topological polar surface area (TPSA) is 93.2 Å². The van der Waals surface area contributed by atoms with E-state index >= 15 is 0 Å². The van der Waals surface area contributed by atoms with Crippen LogP contribution in [0.4, 0.5) is 5.69 Å². The lowest BCUT2D eigenvalue weighted by molar-refractivity contribution is 0.413. The monoisotopic (exact) mass is 310 g/mol. The molecule has 1 rings (SSSR count). The van der Waals surface area contributed by atoms with Gasteiger partial charge in [0.05, 0.1) is 34.9 Å². The van der Waals surface area contributed by atoms with Crippen molar-refractivity contribution in [3.8, 4) is 11.8 Å². The average molecular weight is 310 g/mol. The van der Waals surface area contributed by atoms with Gasteiger partial charge in [-0.2, -0.15) is 5.26 Å². The van der Waals surface area contributed by atoms with Crippen molar-refractivity contribution in [1.82, 2.24) is 0 Å². The lowest BCUT2D eigenvalue weighted by atomic mass is 9.89. The molecule has 0 aliphatic rings. The van der Waals surface area contributed by atoms with Crippen molar-refractivity contribution in [2.75, 3.05) is 18.6 Å². The van der Waals surface area contributed by atoms with Crippen molar-refractivity contribution in [3.05, 3.63) is 18.2 Å². The maximum atomic E-state index is 12.3. The van der Waals surface area contributed by atoms with Crippen LogP contribution in [0.25, 0.3) is 0 Å². The van der Waals surface area contributed by atoms with Crippen molar-refractivity contribution in [3.63, 3.8) is 0 Å². The van der Waals surface area contributed by atoms with Gasteiger partial charge in [-0.05, 0) is 38.8 Å². The summed E-state index contributed by atoms with van der Waals surface area (Å²) in [6.45, 7) is 3.70. The van der Waals surface area contributed by atoms with Crippen LogP contribution < -0.4 is 10.5 Å². The van der Waals surface area contributed by atoms with Crippen molar-refractivity contribution < 1.29 is 13.2 Å².